The summed E-state index contributed by atoms with van der Waals surface area (Å²) in [7, 11) is 1.48. The van der Waals surface area contributed by atoms with E-state index in [2.05, 4.69) is 20.8 Å². The molecule has 8 heteroatoms. The third-order valence-electron chi connectivity index (χ3n) is 2.33. The molecular formula is C12H11ClN4O3. The number of halogens is 1. The van der Waals surface area contributed by atoms with Gasteiger partial charge in [0.1, 0.15) is 5.75 Å². The van der Waals surface area contributed by atoms with Gasteiger partial charge in [-0.1, -0.05) is 11.6 Å². The standard InChI is InChI=1S/C12H11ClN4O3/c1-20-9-3-2-7(13)6-8(9)14-12(19)15-10-4-5-11(18)17-16-10/h2-6H,1H3,(H,17,18)(H2,14,15,16,19). The first-order valence-electron chi connectivity index (χ1n) is 5.56. The smallest absolute Gasteiger partial charge is 0.325 e. The van der Waals surface area contributed by atoms with Crippen molar-refractivity contribution < 1.29 is 9.53 Å². The molecule has 2 aromatic rings. The Hall–Kier alpha value is -2.54. The molecule has 2 amide bonds. The number of methoxy groups -OCH3 is 1. The minimum atomic E-state index is -0.537. The zero-order valence-electron chi connectivity index (χ0n) is 10.4. The maximum atomic E-state index is 11.8. The van der Waals surface area contributed by atoms with Crippen molar-refractivity contribution in [2.24, 2.45) is 0 Å². The first-order valence-corrected chi connectivity index (χ1v) is 5.93. The van der Waals surface area contributed by atoms with Crippen molar-refractivity contribution in [2.75, 3.05) is 17.7 Å². The zero-order valence-corrected chi connectivity index (χ0v) is 11.2. The summed E-state index contributed by atoms with van der Waals surface area (Å²) in [6.07, 6.45) is 0. The molecule has 7 nitrogen and oxygen atoms in total. The Labute approximate surface area is 118 Å². The minimum absolute atomic E-state index is 0.211. The second kappa shape index (κ2) is 6.07. The van der Waals surface area contributed by atoms with Gasteiger partial charge in [0, 0.05) is 11.1 Å². The molecule has 0 fully saturated rings. The summed E-state index contributed by atoms with van der Waals surface area (Å²) in [6.45, 7) is 0. The molecule has 2 rings (SSSR count). The molecule has 3 N–H and O–H groups in total. The number of nitrogens with zero attached hydrogens (tertiary/aromatic N) is 1. The van der Waals surface area contributed by atoms with Crippen molar-refractivity contribution in [3.63, 3.8) is 0 Å². The third kappa shape index (κ3) is 3.48. The van der Waals surface area contributed by atoms with Crippen LogP contribution >= 0.6 is 11.6 Å². The van der Waals surface area contributed by atoms with Crippen molar-refractivity contribution in [2.45, 2.75) is 0 Å². The highest BCUT2D eigenvalue weighted by molar-refractivity contribution is 6.31. The molecule has 0 aliphatic rings. The van der Waals surface area contributed by atoms with E-state index in [0.29, 0.717) is 16.5 Å². The Morgan fingerprint density at radius 3 is 2.75 bits per heavy atom. The van der Waals surface area contributed by atoms with Gasteiger partial charge in [-0.2, -0.15) is 5.10 Å². The SMILES string of the molecule is COc1ccc(Cl)cc1NC(=O)Nc1ccc(=O)[nH]n1. The Bertz CT molecular complexity index is 666. The monoisotopic (exact) mass is 294 g/mol. The van der Waals surface area contributed by atoms with E-state index < -0.39 is 6.03 Å². The molecule has 104 valence electrons. The Morgan fingerprint density at radius 2 is 2.10 bits per heavy atom. The van der Waals surface area contributed by atoms with Crippen molar-refractivity contribution in [1.82, 2.24) is 10.2 Å². The number of benzene rings is 1. The van der Waals surface area contributed by atoms with Gasteiger partial charge in [-0.3, -0.25) is 10.1 Å². The number of ether oxygens (including phenoxy) is 1. The molecule has 0 spiro atoms. The number of anilines is 2. The van der Waals surface area contributed by atoms with Gasteiger partial charge in [0.25, 0.3) is 5.56 Å². The third-order valence-corrected chi connectivity index (χ3v) is 2.57. The van der Waals surface area contributed by atoms with E-state index in [9.17, 15) is 9.59 Å². The molecule has 0 saturated carbocycles. The minimum Gasteiger partial charge on any atom is -0.495 e. The molecule has 0 saturated heterocycles. The van der Waals surface area contributed by atoms with E-state index in [1.54, 1.807) is 18.2 Å². The van der Waals surface area contributed by atoms with E-state index in [1.807, 2.05) is 0 Å². The second-order valence-corrected chi connectivity index (χ2v) is 4.17. The van der Waals surface area contributed by atoms with Crippen molar-refractivity contribution in [1.29, 1.82) is 0 Å². The predicted octanol–water partition coefficient (Wildman–Crippen LogP) is 2.08. The fourth-order valence-electron chi connectivity index (χ4n) is 1.46. The quantitative estimate of drug-likeness (QED) is 0.807. The largest absolute Gasteiger partial charge is 0.495 e. The van der Waals surface area contributed by atoms with Gasteiger partial charge in [0.15, 0.2) is 5.82 Å². The first-order chi connectivity index (χ1) is 9.58. The highest BCUT2D eigenvalue weighted by atomic mass is 35.5. The molecule has 0 aliphatic heterocycles. The van der Waals surface area contributed by atoms with Crippen molar-refractivity contribution >= 4 is 29.1 Å². The van der Waals surface area contributed by atoms with Crippen LogP contribution < -0.4 is 20.9 Å². The fraction of sp³-hybridized carbons (Fsp3) is 0.0833. The number of carbonyl (C=O) groups excluding carboxylic acids is 1. The molecule has 20 heavy (non-hydrogen) atoms. The summed E-state index contributed by atoms with van der Waals surface area (Å²) >= 11 is 5.86. The number of urea groups is 1. The fourth-order valence-corrected chi connectivity index (χ4v) is 1.63. The number of aromatic nitrogens is 2. The van der Waals surface area contributed by atoms with E-state index in [-0.39, 0.29) is 11.4 Å². The number of nitrogens with one attached hydrogen (secondary N) is 3. The Morgan fingerprint density at radius 1 is 1.30 bits per heavy atom. The van der Waals surface area contributed by atoms with Crippen LogP contribution in [0.3, 0.4) is 0 Å². The number of carbonyl (C=O) groups is 1. The first kappa shape index (κ1) is 13.9. The maximum Gasteiger partial charge on any atom is 0.325 e. The van der Waals surface area contributed by atoms with Gasteiger partial charge in [-0.25, -0.2) is 9.89 Å². The molecule has 0 aliphatic carbocycles. The summed E-state index contributed by atoms with van der Waals surface area (Å²) in [6, 6.07) is 6.93. The molecule has 1 aromatic carbocycles. The van der Waals surface area contributed by atoms with Crippen LogP contribution in [0, 0.1) is 0 Å². The van der Waals surface area contributed by atoms with Crippen LogP contribution in [0.1, 0.15) is 0 Å². The van der Waals surface area contributed by atoms with Crippen LogP contribution in [0.4, 0.5) is 16.3 Å². The van der Waals surface area contributed by atoms with Crippen LogP contribution in [0.2, 0.25) is 5.02 Å². The lowest BCUT2D eigenvalue weighted by Gasteiger charge is -2.10. The van der Waals surface area contributed by atoms with Gasteiger partial charge < -0.3 is 10.1 Å². The predicted molar refractivity (Wildman–Crippen MR) is 75.5 cm³/mol. The highest BCUT2D eigenvalue weighted by Crippen LogP contribution is 2.27. The van der Waals surface area contributed by atoms with Crippen LogP contribution in [0.5, 0.6) is 5.75 Å². The second-order valence-electron chi connectivity index (χ2n) is 3.73. The molecule has 0 bridgehead atoms. The summed E-state index contributed by atoms with van der Waals surface area (Å²) < 4.78 is 5.10. The van der Waals surface area contributed by atoms with Crippen molar-refractivity contribution in [3.8, 4) is 5.75 Å². The van der Waals surface area contributed by atoms with Crippen molar-refractivity contribution in [3.05, 3.63) is 45.7 Å². The zero-order chi connectivity index (χ0) is 14.5. The summed E-state index contributed by atoms with van der Waals surface area (Å²) in [5.41, 5.74) is 0.0643. The number of H-pyrrole nitrogens is 1. The molecule has 1 aromatic heterocycles. The lowest BCUT2D eigenvalue weighted by Crippen LogP contribution is -2.21. The molecule has 0 atom stereocenters. The lowest BCUT2D eigenvalue weighted by molar-refractivity contribution is 0.262. The molecule has 0 radical (unpaired) electrons. The van der Waals surface area contributed by atoms with Crippen LogP contribution in [0.15, 0.2) is 35.1 Å². The van der Waals surface area contributed by atoms with Gasteiger partial charge in [0.2, 0.25) is 0 Å². The average Bonchev–Trinajstić information content (AvgIpc) is 2.41. The topological polar surface area (TPSA) is 96.1 Å². The average molecular weight is 295 g/mol. The molecular weight excluding hydrogens is 284 g/mol. The molecule has 1 heterocycles. The molecule has 0 unspecified atom stereocenters. The number of rotatable bonds is 3. The summed E-state index contributed by atoms with van der Waals surface area (Å²) in [4.78, 5) is 22.6. The Balaban J connectivity index is 2.10. The van der Waals surface area contributed by atoms with Crippen LogP contribution in [-0.2, 0) is 0 Å². The lowest BCUT2D eigenvalue weighted by atomic mass is 10.3. The van der Waals surface area contributed by atoms with Gasteiger partial charge in [-0.15, -0.1) is 0 Å². The van der Waals surface area contributed by atoms with E-state index in [4.69, 9.17) is 16.3 Å². The number of aromatic amines is 1. The number of hydrogen-bond acceptors (Lipinski definition) is 4. The summed E-state index contributed by atoms with van der Waals surface area (Å²) in [5.74, 6) is 0.682. The number of amides is 2. The van der Waals surface area contributed by atoms with Crippen LogP contribution in [-0.4, -0.2) is 23.3 Å². The van der Waals surface area contributed by atoms with Gasteiger partial charge in [-0.05, 0) is 24.3 Å². The normalized spacial score (nSPS) is 9.90. The number of hydrogen-bond donors (Lipinski definition) is 3. The maximum absolute atomic E-state index is 11.8. The van der Waals surface area contributed by atoms with E-state index in [0.717, 1.165) is 0 Å². The summed E-state index contributed by atoms with van der Waals surface area (Å²) in [5, 5.41) is 11.4. The Kier molecular flexibility index (Phi) is 4.21. The van der Waals surface area contributed by atoms with Crippen LogP contribution in [0.25, 0.3) is 0 Å². The van der Waals surface area contributed by atoms with E-state index in [1.165, 1.54) is 19.2 Å². The van der Waals surface area contributed by atoms with Gasteiger partial charge >= 0.3 is 6.03 Å². The highest BCUT2D eigenvalue weighted by Gasteiger charge is 2.08. The van der Waals surface area contributed by atoms with E-state index >= 15 is 0 Å². The van der Waals surface area contributed by atoms with Gasteiger partial charge in [0.05, 0.1) is 12.8 Å².